The second-order valence-electron chi connectivity index (χ2n) is 5.08. The van der Waals surface area contributed by atoms with E-state index in [9.17, 15) is 4.79 Å². The predicted octanol–water partition coefficient (Wildman–Crippen LogP) is 2.63. The number of aromatic carboxylic acids is 1. The third-order valence-corrected chi connectivity index (χ3v) is 2.37. The van der Waals surface area contributed by atoms with Gasteiger partial charge < -0.3 is 14.0 Å². The molecule has 2 aromatic rings. The second-order valence-corrected chi connectivity index (χ2v) is 5.08. The minimum atomic E-state index is -1.14. The van der Waals surface area contributed by atoms with E-state index in [1.54, 1.807) is 13.0 Å². The summed E-state index contributed by atoms with van der Waals surface area (Å²) in [6.45, 7) is 7.37. The van der Waals surface area contributed by atoms with Crippen molar-refractivity contribution >= 4 is 5.97 Å². The summed E-state index contributed by atoms with van der Waals surface area (Å²) in [5.74, 6) is -0.843. The van der Waals surface area contributed by atoms with Gasteiger partial charge in [-0.25, -0.2) is 9.78 Å². The first kappa shape index (κ1) is 12.3. The maximum Gasteiger partial charge on any atom is 0.373 e. The van der Waals surface area contributed by atoms with Crippen LogP contribution in [0.2, 0.25) is 0 Å². The van der Waals surface area contributed by atoms with Crippen LogP contribution in [0.15, 0.2) is 15.0 Å². The Labute approximate surface area is 104 Å². The van der Waals surface area contributed by atoms with Crippen LogP contribution in [0.4, 0.5) is 0 Å². The first-order chi connectivity index (χ1) is 8.29. The Hall–Kier alpha value is -2.11. The monoisotopic (exact) mass is 250 g/mol. The van der Waals surface area contributed by atoms with Gasteiger partial charge in [-0.1, -0.05) is 25.9 Å². The fraction of sp³-hybridized carbons (Fsp3) is 0.417. The Morgan fingerprint density at radius 2 is 2.06 bits per heavy atom. The van der Waals surface area contributed by atoms with Crippen molar-refractivity contribution in [3.63, 3.8) is 0 Å². The van der Waals surface area contributed by atoms with E-state index in [1.165, 1.54) is 0 Å². The maximum atomic E-state index is 11.1. The van der Waals surface area contributed by atoms with Crippen molar-refractivity contribution in [3.05, 3.63) is 23.2 Å². The van der Waals surface area contributed by atoms with Crippen molar-refractivity contribution in [2.45, 2.75) is 33.1 Å². The SMILES string of the molecule is Cc1cc(-c2nc(C(C)(C)C)c(C(=O)O)o2)on1. The van der Waals surface area contributed by atoms with Crippen molar-refractivity contribution in [2.75, 3.05) is 0 Å². The summed E-state index contributed by atoms with van der Waals surface area (Å²) < 4.78 is 10.3. The van der Waals surface area contributed by atoms with Gasteiger partial charge in [0.2, 0.25) is 11.5 Å². The normalized spacial score (nSPS) is 11.8. The molecule has 0 saturated heterocycles. The number of aryl methyl sites for hydroxylation is 1. The van der Waals surface area contributed by atoms with Crippen molar-refractivity contribution in [2.24, 2.45) is 0 Å². The van der Waals surface area contributed by atoms with E-state index in [1.807, 2.05) is 20.8 Å². The third-order valence-electron chi connectivity index (χ3n) is 2.37. The Morgan fingerprint density at radius 1 is 1.39 bits per heavy atom. The van der Waals surface area contributed by atoms with E-state index in [4.69, 9.17) is 14.0 Å². The highest BCUT2D eigenvalue weighted by molar-refractivity contribution is 5.86. The molecule has 2 rings (SSSR count). The van der Waals surface area contributed by atoms with E-state index in [0.717, 1.165) is 0 Å². The number of oxazole rings is 1. The summed E-state index contributed by atoms with van der Waals surface area (Å²) in [5, 5.41) is 12.8. The van der Waals surface area contributed by atoms with E-state index < -0.39 is 11.4 Å². The number of rotatable bonds is 2. The van der Waals surface area contributed by atoms with Crippen molar-refractivity contribution in [1.29, 1.82) is 0 Å². The molecule has 96 valence electrons. The van der Waals surface area contributed by atoms with Gasteiger partial charge in [0.25, 0.3) is 5.89 Å². The van der Waals surface area contributed by atoms with Gasteiger partial charge in [-0.2, -0.15) is 0 Å². The first-order valence-electron chi connectivity index (χ1n) is 5.47. The van der Waals surface area contributed by atoms with Gasteiger partial charge in [-0.15, -0.1) is 0 Å². The molecule has 0 atom stereocenters. The number of carboxylic acid groups (broad SMARTS) is 1. The third kappa shape index (κ3) is 2.13. The summed E-state index contributed by atoms with van der Waals surface area (Å²) in [6, 6.07) is 1.64. The van der Waals surface area contributed by atoms with Crippen LogP contribution in [0.1, 0.15) is 42.7 Å². The molecule has 0 bridgehead atoms. The predicted molar refractivity (Wildman–Crippen MR) is 62.4 cm³/mol. The molecule has 0 spiro atoms. The summed E-state index contributed by atoms with van der Waals surface area (Å²) in [6.07, 6.45) is 0. The van der Waals surface area contributed by atoms with E-state index in [2.05, 4.69) is 10.1 Å². The first-order valence-corrected chi connectivity index (χ1v) is 5.47. The van der Waals surface area contributed by atoms with Gasteiger partial charge in [-0.05, 0) is 6.92 Å². The number of aromatic nitrogens is 2. The minimum Gasteiger partial charge on any atom is -0.475 e. The van der Waals surface area contributed by atoms with Gasteiger partial charge in [0.05, 0.1) is 5.69 Å². The Kier molecular flexibility index (Phi) is 2.73. The number of hydrogen-bond acceptors (Lipinski definition) is 5. The fourth-order valence-electron chi connectivity index (χ4n) is 1.54. The topological polar surface area (TPSA) is 89.4 Å². The maximum absolute atomic E-state index is 11.1. The summed E-state index contributed by atoms with van der Waals surface area (Å²) in [5.41, 5.74) is 0.640. The fourth-order valence-corrected chi connectivity index (χ4v) is 1.54. The minimum absolute atomic E-state index is 0.137. The molecule has 0 aliphatic heterocycles. The van der Waals surface area contributed by atoms with Crippen molar-refractivity contribution < 1.29 is 18.8 Å². The van der Waals surface area contributed by atoms with Crippen LogP contribution in [0, 0.1) is 6.92 Å². The largest absolute Gasteiger partial charge is 0.475 e. The molecule has 18 heavy (non-hydrogen) atoms. The number of carbonyl (C=O) groups is 1. The number of nitrogens with zero attached hydrogens (tertiary/aromatic N) is 2. The van der Waals surface area contributed by atoms with E-state index in [0.29, 0.717) is 17.1 Å². The van der Waals surface area contributed by atoms with Gasteiger partial charge in [-0.3, -0.25) is 0 Å². The Balaban J connectivity index is 2.56. The molecule has 0 radical (unpaired) electrons. The standard InChI is InChI=1S/C12H14N2O4/c1-6-5-7(18-14-6)10-13-9(12(2,3)4)8(17-10)11(15)16/h5H,1-4H3,(H,15,16). The zero-order valence-electron chi connectivity index (χ0n) is 10.6. The quantitative estimate of drug-likeness (QED) is 0.881. The molecule has 0 saturated carbocycles. The molecule has 6 nitrogen and oxygen atoms in total. The molecule has 0 unspecified atom stereocenters. The zero-order valence-corrected chi connectivity index (χ0v) is 10.6. The lowest BCUT2D eigenvalue weighted by Gasteiger charge is -2.14. The molecule has 0 aliphatic rings. The number of carboxylic acids is 1. The highest BCUT2D eigenvalue weighted by Gasteiger charge is 2.30. The molecule has 0 aromatic carbocycles. The molecule has 0 amide bonds. The zero-order chi connectivity index (χ0) is 13.5. The molecule has 6 heteroatoms. The summed E-state index contributed by atoms with van der Waals surface area (Å²) >= 11 is 0. The molecule has 2 heterocycles. The van der Waals surface area contributed by atoms with Crippen LogP contribution < -0.4 is 0 Å². The lowest BCUT2D eigenvalue weighted by molar-refractivity contribution is 0.0659. The molecule has 2 aromatic heterocycles. The van der Waals surface area contributed by atoms with Gasteiger partial charge >= 0.3 is 5.97 Å². The van der Waals surface area contributed by atoms with Crippen LogP contribution in [-0.4, -0.2) is 21.2 Å². The van der Waals surface area contributed by atoms with Gasteiger partial charge in [0, 0.05) is 11.5 Å². The average molecular weight is 250 g/mol. The van der Waals surface area contributed by atoms with Crippen molar-refractivity contribution in [3.8, 4) is 11.7 Å². The van der Waals surface area contributed by atoms with Crippen molar-refractivity contribution in [1.82, 2.24) is 10.1 Å². The smallest absolute Gasteiger partial charge is 0.373 e. The highest BCUT2D eigenvalue weighted by atomic mass is 16.5. The molecular formula is C12H14N2O4. The molecule has 1 N–H and O–H groups in total. The molecular weight excluding hydrogens is 236 g/mol. The lowest BCUT2D eigenvalue weighted by atomic mass is 9.91. The van der Waals surface area contributed by atoms with Crippen LogP contribution in [-0.2, 0) is 5.41 Å². The van der Waals surface area contributed by atoms with Gasteiger partial charge in [0.1, 0.15) is 5.69 Å². The summed E-state index contributed by atoms with van der Waals surface area (Å²) in [4.78, 5) is 15.3. The van der Waals surface area contributed by atoms with Crippen LogP contribution in [0.5, 0.6) is 0 Å². The van der Waals surface area contributed by atoms with Crippen LogP contribution in [0.3, 0.4) is 0 Å². The molecule has 0 fully saturated rings. The van der Waals surface area contributed by atoms with Crippen LogP contribution >= 0.6 is 0 Å². The Morgan fingerprint density at radius 3 is 2.44 bits per heavy atom. The Bertz CT molecular complexity index is 589. The number of hydrogen-bond donors (Lipinski definition) is 1. The molecule has 0 aliphatic carbocycles. The van der Waals surface area contributed by atoms with Gasteiger partial charge in [0.15, 0.2) is 0 Å². The highest BCUT2D eigenvalue weighted by Crippen LogP contribution is 2.30. The second kappa shape index (κ2) is 3.97. The average Bonchev–Trinajstić information content (AvgIpc) is 2.81. The summed E-state index contributed by atoms with van der Waals surface area (Å²) in [7, 11) is 0. The van der Waals surface area contributed by atoms with Crippen LogP contribution in [0.25, 0.3) is 11.7 Å². The van der Waals surface area contributed by atoms with E-state index in [-0.39, 0.29) is 11.7 Å². The lowest BCUT2D eigenvalue weighted by Crippen LogP contribution is -2.16. The van der Waals surface area contributed by atoms with E-state index >= 15 is 0 Å².